The van der Waals surface area contributed by atoms with Gasteiger partial charge in [-0.15, -0.1) is 0 Å². The number of rotatable bonds is 6. The molecule has 1 unspecified atom stereocenters. The van der Waals surface area contributed by atoms with E-state index in [2.05, 4.69) is 30.3 Å². The maximum absolute atomic E-state index is 5.48. The summed E-state index contributed by atoms with van der Waals surface area (Å²) < 4.78 is 12.9. The lowest BCUT2D eigenvalue weighted by atomic mass is 10.1. The van der Waals surface area contributed by atoms with Gasteiger partial charge in [0.15, 0.2) is 6.29 Å². The molecule has 18 heavy (non-hydrogen) atoms. The van der Waals surface area contributed by atoms with E-state index in [4.69, 9.17) is 9.47 Å². The van der Waals surface area contributed by atoms with Crippen molar-refractivity contribution in [3.63, 3.8) is 0 Å². The maximum Gasteiger partial charge on any atom is 0.159 e. The summed E-state index contributed by atoms with van der Waals surface area (Å²) in [4.78, 5) is 0. The highest BCUT2D eigenvalue weighted by atomic mass is 16.7. The van der Waals surface area contributed by atoms with Crippen molar-refractivity contribution in [2.24, 2.45) is 0 Å². The molecule has 0 aromatic carbocycles. The number of ether oxygens (including phenoxy) is 2. The number of aromatic nitrogens is 2. The summed E-state index contributed by atoms with van der Waals surface area (Å²) in [6.45, 7) is 5.69. The van der Waals surface area contributed by atoms with E-state index in [1.165, 1.54) is 0 Å². The summed E-state index contributed by atoms with van der Waals surface area (Å²) >= 11 is 0. The molecule has 1 aromatic rings. The van der Waals surface area contributed by atoms with Crippen molar-refractivity contribution in [3.8, 4) is 0 Å². The van der Waals surface area contributed by atoms with Crippen LogP contribution in [0.25, 0.3) is 0 Å². The quantitative estimate of drug-likeness (QED) is 0.831. The van der Waals surface area contributed by atoms with Crippen molar-refractivity contribution in [1.29, 1.82) is 0 Å². The highest BCUT2D eigenvalue weighted by Crippen LogP contribution is 2.14. The molecule has 1 aromatic heterocycles. The van der Waals surface area contributed by atoms with Crippen molar-refractivity contribution in [1.82, 2.24) is 15.1 Å². The minimum absolute atomic E-state index is 0.0605. The molecular formula is C13H23N3O2. The Morgan fingerprint density at radius 3 is 2.72 bits per heavy atom. The molecule has 102 valence electrons. The second kappa shape index (κ2) is 6.31. The molecule has 0 bridgehead atoms. The standard InChI is InChI=1S/C13H23N3O2/c1-10(2)16-5-4-11(15-16)8-12(14-3)9-13-17-6-7-18-13/h4-5,10,12-14H,6-9H2,1-3H3. The lowest BCUT2D eigenvalue weighted by molar-refractivity contribution is -0.0523. The van der Waals surface area contributed by atoms with Crippen LogP contribution in [0.15, 0.2) is 12.3 Å². The van der Waals surface area contributed by atoms with Gasteiger partial charge in [-0.1, -0.05) is 0 Å². The van der Waals surface area contributed by atoms with Gasteiger partial charge in [-0.05, 0) is 27.0 Å². The molecule has 1 atom stereocenters. The van der Waals surface area contributed by atoms with E-state index in [-0.39, 0.29) is 6.29 Å². The van der Waals surface area contributed by atoms with E-state index in [0.29, 0.717) is 25.3 Å². The zero-order chi connectivity index (χ0) is 13.0. The number of nitrogens with one attached hydrogen (secondary N) is 1. The first-order valence-corrected chi connectivity index (χ1v) is 6.63. The Labute approximate surface area is 108 Å². The van der Waals surface area contributed by atoms with Gasteiger partial charge in [0.1, 0.15) is 0 Å². The second-order valence-electron chi connectivity index (χ2n) is 4.98. The average molecular weight is 253 g/mol. The molecule has 0 spiro atoms. The van der Waals surface area contributed by atoms with Crippen molar-refractivity contribution < 1.29 is 9.47 Å². The molecule has 1 saturated heterocycles. The van der Waals surface area contributed by atoms with Crippen LogP contribution >= 0.6 is 0 Å². The first-order valence-electron chi connectivity index (χ1n) is 6.63. The molecule has 2 heterocycles. The molecule has 2 rings (SSSR count). The second-order valence-corrected chi connectivity index (χ2v) is 4.98. The Kier molecular flexibility index (Phi) is 4.74. The first kappa shape index (κ1) is 13.5. The van der Waals surface area contributed by atoms with Crippen molar-refractivity contribution in [2.75, 3.05) is 20.3 Å². The SMILES string of the molecule is CNC(Cc1ccn(C(C)C)n1)CC1OCCO1. The van der Waals surface area contributed by atoms with Crippen LogP contribution in [0.3, 0.4) is 0 Å². The Morgan fingerprint density at radius 2 is 2.17 bits per heavy atom. The fourth-order valence-corrected chi connectivity index (χ4v) is 2.11. The highest BCUT2D eigenvalue weighted by molar-refractivity contribution is 5.02. The van der Waals surface area contributed by atoms with Gasteiger partial charge < -0.3 is 14.8 Å². The molecule has 0 saturated carbocycles. The summed E-state index contributed by atoms with van der Waals surface area (Å²) in [6.07, 6.45) is 3.74. The Balaban J connectivity index is 1.88. The molecule has 0 radical (unpaired) electrons. The molecule has 0 amide bonds. The molecule has 5 heteroatoms. The van der Waals surface area contributed by atoms with E-state index in [1.807, 2.05) is 17.9 Å². The predicted octanol–water partition coefficient (Wildman–Crippen LogP) is 1.36. The number of hydrogen-bond acceptors (Lipinski definition) is 4. The van der Waals surface area contributed by atoms with Crippen LogP contribution < -0.4 is 5.32 Å². The summed E-state index contributed by atoms with van der Waals surface area (Å²) in [6, 6.07) is 2.83. The van der Waals surface area contributed by atoms with Crippen molar-refractivity contribution in [3.05, 3.63) is 18.0 Å². The predicted molar refractivity (Wildman–Crippen MR) is 69.5 cm³/mol. The third-order valence-corrected chi connectivity index (χ3v) is 3.22. The maximum atomic E-state index is 5.48. The van der Waals surface area contributed by atoms with E-state index in [9.17, 15) is 0 Å². The van der Waals surface area contributed by atoms with Crippen LogP contribution in [-0.4, -0.2) is 42.4 Å². The first-order chi connectivity index (χ1) is 8.69. The molecule has 0 aliphatic carbocycles. The van der Waals surface area contributed by atoms with Crippen LogP contribution in [-0.2, 0) is 15.9 Å². The van der Waals surface area contributed by atoms with Gasteiger partial charge in [-0.2, -0.15) is 5.10 Å². The third-order valence-electron chi connectivity index (χ3n) is 3.22. The van der Waals surface area contributed by atoms with Gasteiger partial charge >= 0.3 is 0 Å². The minimum atomic E-state index is -0.0605. The fraction of sp³-hybridized carbons (Fsp3) is 0.769. The van der Waals surface area contributed by atoms with Crippen LogP contribution in [0, 0.1) is 0 Å². The lowest BCUT2D eigenvalue weighted by Gasteiger charge is -2.18. The largest absolute Gasteiger partial charge is 0.350 e. The molecule has 1 fully saturated rings. The highest BCUT2D eigenvalue weighted by Gasteiger charge is 2.21. The number of nitrogens with zero attached hydrogens (tertiary/aromatic N) is 2. The number of likely N-dealkylation sites (N-methyl/N-ethyl adjacent to an activating group) is 1. The number of hydrogen-bond donors (Lipinski definition) is 1. The Bertz CT molecular complexity index is 359. The van der Waals surface area contributed by atoms with Crippen molar-refractivity contribution >= 4 is 0 Å². The fourth-order valence-electron chi connectivity index (χ4n) is 2.11. The molecule has 1 aliphatic heterocycles. The van der Waals surface area contributed by atoms with E-state index in [1.54, 1.807) is 0 Å². The molecular weight excluding hydrogens is 230 g/mol. The topological polar surface area (TPSA) is 48.3 Å². The lowest BCUT2D eigenvalue weighted by Crippen LogP contribution is -2.32. The molecule has 1 N–H and O–H groups in total. The summed E-state index contributed by atoms with van der Waals surface area (Å²) in [5.74, 6) is 0. The van der Waals surface area contributed by atoms with Crippen LogP contribution in [0.1, 0.15) is 32.0 Å². The minimum Gasteiger partial charge on any atom is -0.350 e. The van der Waals surface area contributed by atoms with Crippen LogP contribution in [0.2, 0.25) is 0 Å². The van der Waals surface area contributed by atoms with Crippen molar-refractivity contribution in [2.45, 2.75) is 45.1 Å². The van der Waals surface area contributed by atoms with E-state index >= 15 is 0 Å². The summed E-state index contributed by atoms with van der Waals surface area (Å²) in [7, 11) is 1.97. The van der Waals surface area contributed by atoms with Gasteiger partial charge in [0.25, 0.3) is 0 Å². The van der Waals surface area contributed by atoms with Gasteiger partial charge in [-0.25, -0.2) is 0 Å². The van der Waals surface area contributed by atoms with Gasteiger partial charge in [0, 0.05) is 31.1 Å². The Hall–Kier alpha value is -0.910. The monoisotopic (exact) mass is 253 g/mol. The Morgan fingerprint density at radius 1 is 1.44 bits per heavy atom. The van der Waals surface area contributed by atoms with Crippen LogP contribution in [0.4, 0.5) is 0 Å². The normalized spacial score (nSPS) is 18.7. The zero-order valence-electron chi connectivity index (χ0n) is 11.4. The smallest absolute Gasteiger partial charge is 0.159 e. The van der Waals surface area contributed by atoms with E-state index in [0.717, 1.165) is 18.5 Å². The average Bonchev–Trinajstić information content (AvgIpc) is 2.99. The summed E-state index contributed by atoms with van der Waals surface area (Å²) in [5.41, 5.74) is 1.11. The summed E-state index contributed by atoms with van der Waals surface area (Å²) in [5, 5.41) is 7.87. The molecule has 5 nitrogen and oxygen atoms in total. The van der Waals surface area contributed by atoms with Gasteiger partial charge in [-0.3, -0.25) is 4.68 Å². The zero-order valence-corrected chi connectivity index (χ0v) is 11.4. The van der Waals surface area contributed by atoms with Gasteiger partial charge in [0.05, 0.1) is 18.9 Å². The van der Waals surface area contributed by atoms with Crippen LogP contribution in [0.5, 0.6) is 0 Å². The van der Waals surface area contributed by atoms with E-state index < -0.39 is 0 Å². The van der Waals surface area contributed by atoms with Gasteiger partial charge in [0.2, 0.25) is 0 Å². The molecule has 1 aliphatic rings. The third kappa shape index (κ3) is 3.54.